The molecule has 1 aromatic heterocycles. The predicted molar refractivity (Wildman–Crippen MR) is 119 cm³/mol. The molecule has 0 bridgehead atoms. The van der Waals surface area contributed by atoms with Gasteiger partial charge in [-0.15, -0.1) is 0 Å². The van der Waals surface area contributed by atoms with Crippen molar-refractivity contribution in [1.82, 2.24) is 9.88 Å². The van der Waals surface area contributed by atoms with Crippen molar-refractivity contribution in [2.45, 2.75) is 12.6 Å². The van der Waals surface area contributed by atoms with Crippen LogP contribution >= 0.6 is 15.9 Å². The Kier molecular flexibility index (Phi) is 5.86. The summed E-state index contributed by atoms with van der Waals surface area (Å²) in [6, 6.07) is 17.0. The molecule has 1 aliphatic rings. The van der Waals surface area contributed by atoms with E-state index in [0.717, 1.165) is 10.0 Å². The lowest BCUT2D eigenvalue weighted by Gasteiger charge is -2.25. The summed E-state index contributed by atoms with van der Waals surface area (Å²) in [6.45, 7) is 0.208. The van der Waals surface area contributed by atoms with Crippen LogP contribution < -0.4 is 4.74 Å². The molecule has 6 nitrogen and oxygen atoms in total. The fourth-order valence-electron chi connectivity index (χ4n) is 3.68. The van der Waals surface area contributed by atoms with E-state index in [4.69, 9.17) is 4.74 Å². The van der Waals surface area contributed by atoms with Crippen molar-refractivity contribution in [3.63, 3.8) is 0 Å². The third kappa shape index (κ3) is 4.09. The Morgan fingerprint density at radius 3 is 2.55 bits per heavy atom. The largest absolute Gasteiger partial charge is 0.507 e. The van der Waals surface area contributed by atoms with E-state index in [1.807, 2.05) is 24.3 Å². The number of aromatic nitrogens is 1. The maximum Gasteiger partial charge on any atom is 0.295 e. The number of halogens is 1. The van der Waals surface area contributed by atoms with Crippen LogP contribution in [0.3, 0.4) is 0 Å². The third-order valence-corrected chi connectivity index (χ3v) is 5.64. The van der Waals surface area contributed by atoms with E-state index < -0.39 is 17.7 Å². The van der Waals surface area contributed by atoms with Crippen molar-refractivity contribution in [3.8, 4) is 5.75 Å². The molecule has 31 heavy (non-hydrogen) atoms. The molecule has 156 valence electrons. The Bertz CT molecular complexity index is 1180. The summed E-state index contributed by atoms with van der Waals surface area (Å²) in [4.78, 5) is 31.6. The van der Waals surface area contributed by atoms with Gasteiger partial charge in [0.25, 0.3) is 11.7 Å². The Morgan fingerprint density at radius 1 is 1.10 bits per heavy atom. The van der Waals surface area contributed by atoms with Gasteiger partial charge < -0.3 is 14.7 Å². The maximum absolute atomic E-state index is 13.1. The minimum absolute atomic E-state index is 0.0467. The maximum atomic E-state index is 13.1. The summed E-state index contributed by atoms with van der Waals surface area (Å²) >= 11 is 3.46. The second-order valence-electron chi connectivity index (χ2n) is 7.07. The van der Waals surface area contributed by atoms with Gasteiger partial charge in [0.1, 0.15) is 11.5 Å². The molecule has 0 spiro atoms. The van der Waals surface area contributed by atoms with Crippen molar-refractivity contribution in [1.29, 1.82) is 0 Å². The number of benzene rings is 2. The van der Waals surface area contributed by atoms with E-state index in [1.54, 1.807) is 48.8 Å². The van der Waals surface area contributed by atoms with Gasteiger partial charge in [-0.2, -0.15) is 0 Å². The number of methoxy groups -OCH3 is 1. The van der Waals surface area contributed by atoms with Crippen LogP contribution in [0.2, 0.25) is 0 Å². The Labute approximate surface area is 187 Å². The fraction of sp³-hybridized carbons (Fsp3) is 0.125. The molecule has 0 saturated carbocycles. The van der Waals surface area contributed by atoms with Crippen molar-refractivity contribution in [3.05, 3.63) is 99.8 Å². The standard InChI is InChI=1S/C24H19BrN2O4/c1-31-19-7-3-5-17(13-19)22(28)20-21(16-4-2-6-18(25)12-16)27(24(30)23(20)29)14-15-8-10-26-11-9-15/h2-13,21,28H,14H2,1H3/b22-20+. The number of likely N-dealkylation sites (tertiary alicyclic amines) is 1. The number of amides is 1. The Hall–Kier alpha value is -3.45. The van der Waals surface area contributed by atoms with Crippen LogP contribution in [-0.4, -0.2) is 33.8 Å². The third-order valence-electron chi connectivity index (χ3n) is 5.15. The smallest absolute Gasteiger partial charge is 0.295 e. The number of ketones is 1. The van der Waals surface area contributed by atoms with Gasteiger partial charge >= 0.3 is 0 Å². The number of carbonyl (C=O) groups is 2. The van der Waals surface area contributed by atoms with Crippen LogP contribution in [0.15, 0.2) is 83.1 Å². The molecule has 2 heterocycles. The lowest BCUT2D eigenvalue weighted by atomic mass is 9.95. The molecule has 1 unspecified atom stereocenters. The number of aliphatic hydroxyl groups excluding tert-OH is 1. The lowest BCUT2D eigenvalue weighted by Crippen LogP contribution is -2.29. The Morgan fingerprint density at radius 2 is 1.84 bits per heavy atom. The van der Waals surface area contributed by atoms with Crippen LogP contribution in [0.5, 0.6) is 5.75 Å². The molecule has 0 aliphatic carbocycles. The zero-order valence-corrected chi connectivity index (χ0v) is 18.2. The van der Waals surface area contributed by atoms with Crippen molar-refractivity contribution in [2.24, 2.45) is 0 Å². The van der Waals surface area contributed by atoms with Gasteiger partial charge in [0.15, 0.2) is 0 Å². The van der Waals surface area contributed by atoms with Gasteiger partial charge in [-0.25, -0.2) is 0 Å². The topological polar surface area (TPSA) is 79.7 Å². The minimum Gasteiger partial charge on any atom is -0.507 e. The van der Waals surface area contributed by atoms with E-state index in [0.29, 0.717) is 16.9 Å². The van der Waals surface area contributed by atoms with Crippen LogP contribution in [0.4, 0.5) is 0 Å². The number of nitrogens with zero attached hydrogens (tertiary/aromatic N) is 2. The molecule has 0 radical (unpaired) electrons. The SMILES string of the molecule is COc1cccc(/C(O)=C2\C(=O)C(=O)N(Cc3ccncc3)C2c2cccc(Br)c2)c1. The quantitative estimate of drug-likeness (QED) is 0.332. The van der Waals surface area contributed by atoms with Gasteiger partial charge in [-0.05, 0) is 47.5 Å². The zero-order valence-electron chi connectivity index (χ0n) is 16.7. The first-order valence-electron chi connectivity index (χ1n) is 9.57. The van der Waals surface area contributed by atoms with Crippen LogP contribution in [-0.2, 0) is 16.1 Å². The number of pyridine rings is 1. The monoisotopic (exact) mass is 478 g/mol. The minimum atomic E-state index is -0.739. The summed E-state index contributed by atoms with van der Waals surface area (Å²) in [5.74, 6) is -1.08. The summed E-state index contributed by atoms with van der Waals surface area (Å²) < 4.78 is 6.04. The molecule has 1 N–H and O–H groups in total. The van der Waals surface area contributed by atoms with Gasteiger partial charge in [0, 0.05) is 29.0 Å². The van der Waals surface area contributed by atoms with Gasteiger partial charge in [-0.1, -0.05) is 40.2 Å². The summed E-state index contributed by atoms with van der Waals surface area (Å²) in [5, 5.41) is 11.1. The van der Waals surface area contributed by atoms with Crippen LogP contribution in [0.1, 0.15) is 22.7 Å². The second-order valence-corrected chi connectivity index (χ2v) is 7.99. The Balaban J connectivity index is 1.87. The first kappa shape index (κ1) is 20.8. The molecule has 1 fully saturated rings. The number of aliphatic hydroxyl groups is 1. The molecule has 1 aliphatic heterocycles. The summed E-state index contributed by atoms with van der Waals surface area (Å²) in [5.41, 5.74) is 2.00. The molecule has 1 amide bonds. The highest BCUT2D eigenvalue weighted by atomic mass is 79.9. The predicted octanol–water partition coefficient (Wildman–Crippen LogP) is 4.47. The first-order chi connectivity index (χ1) is 15.0. The zero-order chi connectivity index (χ0) is 22.0. The van der Waals surface area contributed by atoms with Gasteiger partial charge in [-0.3, -0.25) is 14.6 Å². The van der Waals surface area contributed by atoms with E-state index in [1.165, 1.54) is 12.0 Å². The summed E-state index contributed by atoms with van der Waals surface area (Å²) in [6.07, 6.45) is 3.27. The molecule has 1 saturated heterocycles. The number of carbonyl (C=O) groups excluding carboxylic acids is 2. The van der Waals surface area contributed by atoms with E-state index in [9.17, 15) is 14.7 Å². The van der Waals surface area contributed by atoms with E-state index >= 15 is 0 Å². The molecule has 2 aromatic carbocycles. The lowest BCUT2D eigenvalue weighted by molar-refractivity contribution is -0.140. The highest BCUT2D eigenvalue weighted by molar-refractivity contribution is 9.10. The molecular weight excluding hydrogens is 460 g/mol. The number of hydrogen-bond donors (Lipinski definition) is 1. The van der Waals surface area contributed by atoms with Crippen molar-refractivity contribution < 1.29 is 19.4 Å². The van der Waals surface area contributed by atoms with Crippen molar-refractivity contribution in [2.75, 3.05) is 7.11 Å². The molecule has 3 aromatic rings. The molecule has 4 rings (SSSR count). The second kappa shape index (κ2) is 8.73. The molecule has 7 heteroatoms. The fourth-order valence-corrected chi connectivity index (χ4v) is 4.09. The average molecular weight is 479 g/mol. The first-order valence-corrected chi connectivity index (χ1v) is 10.4. The number of Topliss-reactive ketones (excluding diaryl/α,β-unsaturated/α-hetero) is 1. The molecule has 1 atom stereocenters. The normalized spacial score (nSPS) is 17.7. The highest BCUT2D eigenvalue weighted by Gasteiger charge is 2.46. The summed E-state index contributed by atoms with van der Waals surface area (Å²) in [7, 11) is 1.52. The van der Waals surface area contributed by atoms with Crippen LogP contribution in [0.25, 0.3) is 5.76 Å². The molecular formula is C24H19BrN2O4. The number of rotatable bonds is 5. The number of hydrogen-bond acceptors (Lipinski definition) is 5. The van der Waals surface area contributed by atoms with Crippen LogP contribution in [0, 0.1) is 0 Å². The van der Waals surface area contributed by atoms with Gasteiger partial charge in [0.2, 0.25) is 0 Å². The van der Waals surface area contributed by atoms with E-state index in [-0.39, 0.29) is 17.9 Å². The van der Waals surface area contributed by atoms with Crippen molar-refractivity contribution >= 4 is 33.4 Å². The van der Waals surface area contributed by atoms with Gasteiger partial charge in [0.05, 0.1) is 18.7 Å². The number of ether oxygens (including phenoxy) is 1. The highest BCUT2D eigenvalue weighted by Crippen LogP contribution is 2.41. The van der Waals surface area contributed by atoms with E-state index in [2.05, 4.69) is 20.9 Å². The average Bonchev–Trinajstić information content (AvgIpc) is 3.04.